The summed E-state index contributed by atoms with van der Waals surface area (Å²) in [5.41, 5.74) is 1.18. The quantitative estimate of drug-likeness (QED) is 0.650. The van der Waals surface area contributed by atoms with Gasteiger partial charge in [-0.25, -0.2) is 0 Å². The van der Waals surface area contributed by atoms with Gasteiger partial charge < -0.3 is 15.2 Å². The molecule has 0 aliphatic carbocycles. The van der Waals surface area contributed by atoms with Crippen LogP contribution in [0.3, 0.4) is 0 Å². The van der Waals surface area contributed by atoms with Crippen molar-refractivity contribution in [3.63, 3.8) is 0 Å². The summed E-state index contributed by atoms with van der Waals surface area (Å²) < 4.78 is 5.41. The molecule has 0 aromatic heterocycles. The van der Waals surface area contributed by atoms with Crippen LogP contribution in [0.25, 0.3) is 0 Å². The smallest absolute Gasteiger partial charge is 0.255 e. The van der Waals surface area contributed by atoms with E-state index in [1.165, 1.54) is 12.1 Å². The number of aromatic hydroxyl groups is 1. The summed E-state index contributed by atoms with van der Waals surface area (Å²) in [6, 6.07) is 13.3. The molecule has 0 aliphatic heterocycles. The monoisotopic (exact) mass is 335 g/mol. The van der Waals surface area contributed by atoms with Crippen LogP contribution in [-0.4, -0.2) is 23.0 Å². The van der Waals surface area contributed by atoms with Crippen LogP contribution in [0.5, 0.6) is 11.5 Å². The minimum atomic E-state index is -0.206. The number of hydrogen-bond acceptors (Lipinski definition) is 3. The average Bonchev–Trinajstić information content (AvgIpc) is 2.48. The van der Waals surface area contributed by atoms with Crippen molar-refractivity contribution in [1.29, 1.82) is 0 Å². The van der Waals surface area contributed by atoms with E-state index in [4.69, 9.17) is 4.74 Å². The molecule has 20 heavy (non-hydrogen) atoms. The highest BCUT2D eigenvalue weighted by Crippen LogP contribution is 2.16. The largest absolute Gasteiger partial charge is 0.508 e. The molecule has 0 spiro atoms. The van der Waals surface area contributed by atoms with E-state index >= 15 is 0 Å². The molecular weight excluding hydrogens is 322 g/mol. The molecule has 2 aromatic carbocycles. The molecule has 0 bridgehead atoms. The Bertz CT molecular complexity index is 567. The maximum atomic E-state index is 12.0. The van der Waals surface area contributed by atoms with E-state index in [-0.39, 0.29) is 11.7 Å². The van der Waals surface area contributed by atoms with Crippen LogP contribution < -0.4 is 10.1 Å². The zero-order chi connectivity index (χ0) is 14.4. The average molecular weight is 336 g/mol. The van der Waals surface area contributed by atoms with Crippen LogP contribution in [0.4, 0.5) is 5.69 Å². The second kappa shape index (κ2) is 6.96. The third kappa shape index (κ3) is 3.99. The van der Waals surface area contributed by atoms with E-state index in [1.807, 2.05) is 0 Å². The van der Waals surface area contributed by atoms with E-state index in [9.17, 15) is 9.90 Å². The van der Waals surface area contributed by atoms with Crippen molar-refractivity contribution in [1.82, 2.24) is 0 Å². The zero-order valence-corrected chi connectivity index (χ0v) is 12.3. The summed E-state index contributed by atoms with van der Waals surface area (Å²) in [5.74, 6) is 0.685. The highest BCUT2D eigenvalue weighted by atomic mass is 79.9. The van der Waals surface area contributed by atoms with E-state index in [0.29, 0.717) is 17.9 Å². The lowest BCUT2D eigenvalue weighted by atomic mass is 10.2. The Morgan fingerprint density at radius 1 is 1.10 bits per heavy atom. The van der Waals surface area contributed by atoms with Gasteiger partial charge in [0.25, 0.3) is 5.91 Å². The van der Waals surface area contributed by atoms with Crippen molar-refractivity contribution in [3.05, 3.63) is 54.1 Å². The Balaban J connectivity index is 2.00. The molecule has 0 unspecified atom stereocenters. The maximum absolute atomic E-state index is 12.0. The van der Waals surface area contributed by atoms with Gasteiger partial charge in [-0.05, 0) is 48.5 Å². The second-order valence-electron chi connectivity index (χ2n) is 4.06. The fraction of sp³-hybridized carbons (Fsp3) is 0.133. The van der Waals surface area contributed by atoms with Gasteiger partial charge in [0, 0.05) is 16.6 Å². The molecule has 104 valence electrons. The number of carbonyl (C=O) groups excluding carboxylic acids is 1. The Morgan fingerprint density at radius 3 is 2.35 bits per heavy atom. The highest BCUT2D eigenvalue weighted by molar-refractivity contribution is 9.09. The molecule has 1 amide bonds. The molecule has 0 fully saturated rings. The lowest BCUT2D eigenvalue weighted by Crippen LogP contribution is -2.11. The Morgan fingerprint density at radius 2 is 1.75 bits per heavy atom. The molecule has 2 rings (SSSR count). The summed E-state index contributed by atoms with van der Waals surface area (Å²) in [7, 11) is 0. The summed E-state index contributed by atoms with van der Waals surface area (Å²) in [5, 5.41) is 12.7. The van der Waals surface area contributed by atoms with Crippen molar-refractivity contribution >= 4 is 27.5 Å². The van der Waals surface area contributed by atoms with Crippen molar-refractivity contribution in [2.75, 3.05) is 17.3 Å². The lowest BCUT2D eigenvalue weighted by Gasteiger charge is -2.07. The minimum Gasteiger partial charge on any atom is -0.508 e. The number of alkyl halides is 1. The van der Waals surface area contributed by atoms with Gasteiger partial charge in [0.15, 0.2) is 0 Å². The first-order chi connectivity index (χ1) is 9.69. The molecule has 0 saturated carbocycles. The van der Waals surface area contributed by atoms with Crippen LogP contribution in [0.1, 0.15) is 10.4 Å². The van der Waals surface area contributed by atoms with Crippen LogP contribution in [-0.2, 0) is 0 Å². The molecule has 0 atom stereocenters. The van der Waals surface area contributed by atoms with E-state index in [0.717, 1.165) is 11.1 Å². The van der Waals surface area contributed by atoms with Gasteiger partial charge in [-0.3, -0.25) is 4.79 Å². The van der Waals surface area contributed by atoms with Gasteiger partial charge in [-0.15, -0.1) is 0 Å². The molecule has 0 aliphatic rings. The first-order valence-corrected chi connectivity index (χ1v) is 7.20. The summed E-state index contributed by atoms with van der Waals surface area (Å²) in [4.78, 5) is 12.0. The lowest BCUT2D eigenvalue weighted by molar-refractivity contribution is 0.102. The SMILES string of the molecule is O=C(Nc1ccc(O)cc1)c1ccc(OCCBr)cc1. The number of benzene rings is 2. The Kier molecular flexibility index (Phi) is 5.01. The van der Waals surface area contributed by atoms with Crippen LogP contribution >= 0.6 is 15.9 Å². The number of phenols is 1. The topological polar surface area (TPSA) is 58.6 Å². The number of hydrogen-bond donors (Lipinski definition) is 2. The number of anilines is 1. The van der Waals surface area contributed by atoms with Gasteiger partial charge in [0.05, 0.1) is 6.61 Å². The van der Waals surface area contributed by atoms with E-state index in [2.05, 4.69) is 21.2 Å². The fourth-order valence-electron chi connectivity index (χ4n) is 1.61. The number of nitrogens with one attached hydrogen (secondary N) is 1. The summed E-state index contributed by atoms with van der Waals surface area (Å²) >= 11 is 3.28. The molecule has 0 radical (unpaired) electrons. The van der Waals surface area contributed by atoms with E-state index in [1.54, 1.807) is 36.4 Å². The number of amides is 1. The second-order valence-corrected chi connectivity index (χ2v) is 4.86. The first-order valence-electron chi connectivity index (χ1n) is 6.08. The zero-order valence-electron chi connectivity index (χ0n) is 10.7. The first kappa shape index (κ1) is 14.4. The van der Waals surface area contributed by atoms with Gasteiger partial charge in [-0.1, -0.05) is 15.9 Å². The van der Waals surface area contributed by atoms with Gasteiger partial charge in [0.1, 0.15) is 11.5 Å². The molecular formula is C15H14BrNO3. The predicted molar refractivity (Wildman–Crippen MR) is 81.8 cm³/mol. The third-order valence-electron chi connectivity index (χ3n) is 2.59. The maximum Gasteiger partial charge on any atom is 0.255 e. The van der Waals surface area contributed by atoms with Gasteiger partial charge >= 0.3 is 0 Å². The fourth-order valence-corrected chi connectivity index (χ4v) is 1.77. The van der Waals surface area contributed by atoms with Crippen LogP contribution in [0.15, 0.2) is 48.5 Å². The number of phenolic OH excluding ortho intramolecular Hbond substituents is 1. The molecule has 2 aromatic rings. The number of rotatable bonds is 5. The standard InChI is InChI=1S/C15H14BrNO3/c16-9-10-20-14-7-1-11(2-8-14)15(19)17-12-3-5-13(18)6-4-12/h1-8,18H,9-10H2,(H,17,19). The molecule has 5 heteroatoms. The summed E-state index contributed by atoms with van der Waals surface area (Å²) in [6.45, 7) is 0.582. The van der Waals surface area contributed by atoms with Gasteiger partial charge in [-0.2, -0.15) is 0 Å². The summed E-state index contributed by atoms with van der Waals surface area (Å²) in [6.07, 6.45) is 0. The predicted octanol–water partition coefficient (Wildman–Crippen LogP) is 3.42. The van der Waals surface area contributed by atoms with Crippen LogP contribution in [0, 0.1) is 0 Å². The number of halogens is 1. The highest BCUT2D eigenvalue weighted by Gasteiger charge is 2.06. The Hall–Kier alpha value is -2.01. The Labute approximate surface area is 125 Å². The van der Waals surface area contributed by atoms with E-state index < -0.39 is 0 Å². The van der Waals surface area contributed by atoms with Crippen molar-refractivity contribution in [2.45, 2.75) is 0 Å². The number of ether oxygens (including phenoxy) is 1. The third-order valence-corrected chi connectivity index (χ3v) is 2.91. The van der Waals surface area contributed by atoms with Crippen LogP contribution in [0.2, 0.25) is 0 Å². The molecule has 0 saturated heterocycles. The minimum absolute atomic E-state index is 0.163. The molecule has 2 N–H and O–H groups in total. The normalized spacial score (nSPS) is 10.1. The van der Waals surface area contributed by atoms with Gasteiger partial charge in [0.2, 0.25) is 0 Å². The number of carbonyl (C=O) groups is 1. The molecule has 4 nitrogen and oxygen atoms in total. The van der Waals surface area contributed by atoms with Crippen molar-refractivity contribution in [2.24, 2.45) is 0 Å². The van der Waals surface area contributed by atoms with Crippen molar-refractivity contribution in [3.8, 4) is 11.5 Å². The molecule has 0 heterocycles. The van der Waals surface area contributed by atoms with Crippen molar-refractivity contribution < 1.29 is 14.6 Å².